The van der Waals surface area contributed by atoms with Crippen molar-refractivity contribution in [2.75, 3.05) is 19.7 Å². The fourth-order valence-corrected chi connectivity index (χ4v) is 3.62. The third-order valence-electron chi connectivity index (χ3n) is 5.49. The number of amides is 3. The number of aryl methyl sites for hydroxylation is 1. The fraction of sp³-hybridized carbons (Fsp3) is 0.667. The monoisotopic (exact) mass is 491 g/mol. The molecule has 0 bridgehead atoms. The number of hydrogen-bond acceptors (Lipinski definition) is 5. The van der Waals surface area contributed by atoms with Gasteiger partial charge in [-0.15, -0.1) is 0 Å². The molecule has 1 aromatic carbocycles. The molecule has 0 aliphatic rings. The highest BCUT2D eigenvalue weighted by molar-refractivity contribution is 5.92. The molecule has 2 unspecified atom stereocenters. The molecule has 3 N–H and O–H groups in total. The summed E-state index contributed by atoms with van der Waals surface area (Å²) in [4.78, 5) is 40.9. The van der Waals surface area contributed by atoms with Crippen molar-refractivity contribution >= 4 is 17.9 Å². The number of nitrogens with one attached hydrogen (secondary N) is 2. The van der Waals surface area contributed by atoms with E-state index in [2.05, 4.69) is 17.6 Å². The predicted molar refractivity (Wildman–Crippen MR) is 138 cm³/mol. The molecular weight excluding hydrogens is 446 g/mol. The van der Waals surface area contributed by atoms with Crippen LogP contribution in [0.15, 0.2) is 24.3 Å². The number of nitrogens with zero attached hydrogens (tertiary/aromatic N) is 1. The molecule has 35 heavy (non-hydrogen) atoms. The number of aliphatic hydroxyl groups excluding tert-OH is 1. The minimum Gasteiger partial charge on any atom is -0.444 e. The van der Waals surface area contributed by atoms with E-state index in [-0.39, 0.29) is 5.91 Å². The van der Waals surface area contributed by atoms with E-state index in [4.69, 9.17) is 4.74 Å². The summed E-state index contributed by atoms with van der Waals surface area (Å²) in [5.41, 5.74) is 0.971. The van der Waals surface area contributed by atoms with Gasteiger partial charge in [-0.3, -0.25) is 9.59 Å². The van der Waals surface area contributed by atoms with Gasteiger partial charge in [-0.25, -0.2) is 4.79 Å². The lowest BCUT2D eigenvalue weighted by molar-refractivity contribution is -0.143. The molecule has 3 amide bonds. The maximum atomic E-state index is 13.7. The van der Waals surface area contributed by atoms with Gasteiger partial charge in [0, 0.05) is 13.1 Å². The number of unbranched alkanes of at least 4 members (excludes halogenated alkanes) is 4. The zero-order valence-electron chi connectivity index (χ0n) is 22.4. The molecule has 0 radical (unpaired) electrons. The van der Waals surface area contributed by atoms with Crippen molar-refractivity contribution in [3.63, 3.8) is 0 Å². The highest BCUT2D eigenvalue weighted by Gasteiger charge is 2.35. The number of carbonyl (C=O) groups is 3. The third kappa shape index (κ3) is 11.1. The first kappa shape index (κ1) is 30.4. The maximum absolute atomic E-state index is 13.7. The zero-order valence-corrected chi connectivity index (χ0v) is 22.4. The van der Waals surface area contributed by atoms with Gasteiger partial charge in [0.05, 0.1) is 6.61 Å². The Morgan fingerprint density at radius 2 is 1.63 bits per heavy atom. The molecule has 1 aromatic rings. The maximum Gasteiger partial charge on any atom is 0.408 e. The topological polar surface area (TPSA) is 108 Å². The quantitative estimate of drug-likeness (QED) is 0.337. The number of benzene rings is 1. The summed E-state index contributed by atoms with van der Waals surface area (Å²) < 4.78 is 5.27. The molecule has 0 heterocycles. The number of aliphatic hydroxyl groups is 1. The van der Waals surface area contributed by atoms with Crippen LogP contribution in [-0.4, -0.2) is 59.3 Å². The van der Waals surface area contributed by atoms with Crippen LogP contribution in [0, 0.1) is 6.92 Å². The van der Waals surface area contributed by atoms with Crippen molar-refractivity contribution in [1.29, 1.82) is 0 Å². The Labute approximate surface area is 210 Å². The van der Waals surface area contributed by atoms with Gasteiger partial charge >= 0.3 is 6.09 Å². The molecule has 0 aliphatic heterocycles. The first-order chi connectivity index (χ1) is 16.5. The third-order valence-corrected chi connectivity index (χ3v) is 5.49. The molecule has 0 fully saturated rings. The van der Waals surface area contributed by atoms with E-state index >= 15 is 0 Å². The number of carbonyl (C=O) groups excluding carboxylic acids is 3. The van der Waals surface area contributed by atoms with E-state index < -0.39 is 36.3 Å². The van der Waals surface area contributed by atoms with E-state index in [9.17, 15) is 19.5 Å². The smallest absolute Gasteiger partial charge is 0.408 e. The second-order valence-electron chi connectivity index (χ2n) is 9.93. The van der Waals surface area contributed by atoms with Crippen molar-refractivity contribution in [2.24, 2.45) is 0 Å². The lowest BCUT2D eigenvalue weighted by Gasteiger charge is -2.34. The molecular formula is C27H45N3O5. The van der Waals surface area contributed by atoms with Crippen molar-refractivity contribution in [1.82, 2.24) is 15.5 Å². The van der Waals surface area contributed by atoms with Crippen LogP contribution in [0.4, 0.5) is 4.79 Å². The summed E-state index contributed by atoms with van der Waals surface area (Å²) in [7, 11) is 0. The van der Waals surface area contributed by atoms with Crippen LogP contribution < -0.4 is 10.6 Å². The summed E-state index contributed by atoms with van der Waals surface area (Å²) >= 11 is 0. The summed E-state index contributed by atoms with van der Waals surface area (Å²) in [5.74, 6) is -0.800. The van der Waals surface area contributed by atoms with Gasteiger partial charge in [-0.2, -0.15) is 0 Å². The predicted octanol–water partition coefficient (Wildman–Crippen LogP) is 4.25. The Morgan fingerprint density at radius 1 is 1.00 bits per heavy atom. The van der Waals surface area contributed by atoms with E-state index in [1.807, 2.05) is 38.1 Å². The summed E-state index contributed by atoms with van der Waals surface area (Å²) in [6, 6.07) is 5.40. The number of rotatable bonds is 14. The Balaban J connectivity index is 3.30. The molecule has 2 atom stereocenters. The van der Waals surface area contributed by atoms with Crippen LogP contribution in [0.25, 0.3) is 0 Å². The summed E-state index contributed by atoms with van der Waals surface area (Å²) in [6.07, 6.45) is 4.62. The number of hydrogen-bond donors (Lipinski definition) is 3. The molecule has 8 heteroatoms. The van der Waals surface area contributed by atoms with Gasteiger partial charge in [0.15, 0.2) is 0 Å². The SMILES string of the molecule is CCCCCCN(C(=O)C(CO)NC(=O)OC(C)(C)C)C(C(=O)NCCCC)c1ccc(C)cc1. The molecule has 198 valence electrons. The van der Waals surface area contributed by atoms with Gasteiger partial charge in [0.25, 0.3) is 0 Å². The lowest BCUT2D eigenvalue weighted by Crippen LogP contribution is -2.54. The normalized spacial score (nSPS) is 13.0. The van der Waals surface area contributed by atoms with Crippen LogP contribution in [-0.2, 0) is 14.3 Å². The van der Waals surface area contributed by atoms with Gasteiger partial charge < -0.3 is 25.4 Å². The molecule has 0 saturated heterocycles. The Morgan fingerprint density at radius 3 is 2.17 bits per heavy atom. The van der Waals surface area contributed by atoms with Gasteiger partial charge in [0.1, 0.15) is 17.7 Å². The van der Waals surface area contributed by atoms with Crippen LogP contribution in [0.2, 0.25) is 0 Å². The minimum atomic E-state index is -1.23. The number of alkyl carbamates (subject to hydrolysis) is 1. The second kappa shape index (κ2) is 15.4. The number of ether oxygens (including phenoxy) is 1. The van der Waals surface area contributed by atoms with Gasteiger partial charge in [0.2, 0.25) is 11.8 Å². The van der Waals surface area contributed by atoms with E-state index in [1.54, 1.807) is 20.8 Å². The van der Waals surface area contributed by atoms with Crippen LogP contribution in [0.5, 0.6) is 0 Å². The van der Waals surface area contributed by atoms with Crippen molar-refractivity contribution in [3.8, 4) is 0 Å². The molecule has 1 rings (SSSR count). The summed E-state index contributed by atoms with van der Waals surface area (Å²) in [6.45, 7) is 11.5. The molecule has 0 aromatic heterocycles. The zero-order chi connectivity index (χ0) is 26.4. The van der Waals surface area contributed by atoms with E-state index in [0.29, 0.717) is 25.1 Å². The van der Waals surface area contributed by atoms with Crippen LogP contribution in [0.1, 0.15) is 90.3 Å². The minimum absolute atomic E-state index is 0.278. The average molecular weight is 492 g/mol. The van der Waals surface area contributed by atoms with Crippen molar-refractivity contribution < 1.29 is 24.2 Å². The van der Waals surface area contributed by atoms with Crippen molar-refractivity contribution in [3.05, 3.63) is 35.4 Å². The van der Waals surface area contributed by atoms with Gasteiger partial charge in [-0.05, 0) is 46.1 Å². The van der Waals surface area contributed by atoms with E-state index in [1.165, 1.54) is 4.90 Å². The molecule has 0 aliphatic carbocycles. The van der Waals surface area contributed by atoms with Gasteiger partial charge in [-0.1, -0.05) is 69.4 Å². The highest BCUT2D eigenvalue weighted by atomic mass is 16.6. The lowest BCUT2D eigenvalue weighted by atomic mass is 10.0. The Bertz CT molecular complexity index is 789. The van der Waals surface area contributed by atoms with Crippen LogP contribution in [0.3, 0.4) is 0 Å². The molecule has 0 saturated carbocycles. The van der Waals surface area contributed by atoms with Crippen molar-refractivity contribution in [2.45, 2.75) is 97.8 Å². The Kier molecular flexibility index (Phi) is 13.4. The first-order valence-corrected chi connectivity index (χ1v) is 12.8. The largest absolute Gasteiger partial charge is 0.444 e. The fourth-order valence-electron chi connectivity index (χ4n) is 3.62. The molecule has 0 spiro atoms. The average Bonchev–Trinajstić information content (AvgIpc) is 2.79. The first-order valence-electron chi connectivity index (χ1n) is 12.8. The standard InChI is InChI=1S/C27H45N3O5/c1-7-9-11-12-18-30(25(33)22(19-31)29-26(34)35-27(4,5)6)23(24(32)28-17-10-8-2)21-15-13-20(3)14-16-21/h13-16,22-23,31H,7-12,17-19H2,1-6H3,(H,28,32)(H,29,34). The molecule has 8 nitrogen and oxygen atoms in total. The van der Waals surface area contributed by atoms with E-state index in [0.717, 1.165) is 37.7 Å². The highest BCUT2D eigenvalue weighted by Crippen LogP contribution is 2.24. The second-order valence-corrected chi connectivity index (χ2v) is 9.93. The van der Waals surface area contributed by atoms with Crippen LogP contribution >= 0.6 is 0 Å². The Hall–Kier alpha value is -2.61. The summed E-state index contributed by atoms with van der Waals surface area (Å²) in [5, 5.41) is 15.4.